The van der Waals surface area contributed by atoms with E-state index in [0.717, 1.165) is 6.07 Å². The summed E-state index contributed by atoms with van der Waals surface area (Å²) in [7, 11) is -2.08. The van der Waals surface area contributed by atoms with Crippen LogP contribution >= 0.6 is 23.2 Å². The molecule has 0 bridgehead atoms. The fourth-order valence-electron chi connectivity index (χ4n) is 5.66. The van der Waals surface area contributed by atoms with Gasteiger partial charge in [-0.05, 0) is 61.5 Å². The van der Waals surface area contributed by atoms with Gasteiger partial charge in [0.05, 0.1) is 21.8 Å². The smallest absolute Gasteiger partial charge is 0.417 e. The quantitative estimate of drug-likeness (QED) is 0.105. The largest absolute Gasteiger partial charge is 0.465 e. The molecule has 14 heteroatoms. The normalized spacial score (nSPS) is 17.8. The average molecular weight is 703 g/mol. The van der Waals surface area contributed by atoms with Gasteiger partial charge in [-0.1, -0.05) is 62.2 Å². The Labute approximate surface area is 276 Å². The van der Waals surface area contributed by atoms with E-state index in [4.69, 9.17) is 27.6 Å². The Balaban J connectivity index is 1.74. The molecule has 1 saturated heterocycles. The van der Waals surface area contributed by atoms with Crippen LogP contribution in [-0.2, 0) is 10.6 Å². The highest BCUT2D eigenvalue weighted by atomic mass is 35.5. The molecule has 2 aromatic carbocycles. The number of piperidine rings is 1. The number of pyridine rings is 1. The Kier molecular flexibility index (Phi) is 10.4. The summed E-state index contributed by atoms with van der Waals surface area (Å²) < 4.78 is 64.7. The molecule has 1 aliphatic heterocycles. The molecule has 7 nitrogen and oxygen atoms in total. The van der Waals surface area contributed by atoms with Gasteiger partial charge in [0.25, 0.3) is 0 Å². The predicted molar refractivity (Wildman–Crippen MR) is 175 cm³/mol. The summed E-state index contributed by atoms with van der Waals surface area (Å²) in [4.78, 5) is 29.7. The van der Waals surface area contributed by atoms with E-state index < -0.39 is 49.1 Å². The first kappa shape index (κ1) is 35.9. The summed E-state index contributed by atoms with van der Waals surface area (Å²) >= 11 is 12.8. The van der Waals surface area contributed by atoms with Gasteiger partial charge in [0.15, 0.2) is 20.4 Å². The van der Waals surface area contributed by atoms with Gasteiger partial charge in [0.2, 0.25) is 0 Å². The van der Waals surface area contributed by atoms with E-state index in [1.807, 2.05) is 0 Å². The summed E-state index contributed by atoms with van der Waals surface area (Å²) in [5.41, 5.74) is -2.41. The van der Waals surface area contributed by atoms with Crippen molar-refractivity contribution in [3.05, 3.63) is 56.9 Å². The molecule has 46 heavy (non-hydrogen) atoms. The number of aldehydes is 1. The van der Waals surface area contributed by atoms with Crippen LogP contribution in [0.2, 0.25) is 28.3 Å². The lowest BCUT2D eigenvalue weighted by Crippen LogP contribution is -2.50. The van der Waals surface area contributed by atoms with Gasteiger partial charge in [0.1, 0.15) is 10.7 Å². The first-order chi connectivity index (χ1) is 21.3. The maximum absolute atomic E-state index is 16.2. The van der Waals surface area contributed by atoms with Crippen molar-refractivity contribution in [2.24, 2.45) is 0 Å². The van der Waals surface area contributed by atoms with Gasteiger partial charge in [0, 0.05) is 36.2 Å². The van der Waals surface area contributed by atoms with Crippen LogP contribution in [0, 0.1) is 12.7 Å². The number of anilines is 1. The van der Waals surface area contributed by atoms with Crippen LogP contribution in [-0.4, -0.2) is 60.9 Å². The summed E-state index contributed by atoms with van der Waals surface area (Å²) in [5, 5.41) is 12.5. The minimum atomic E-state index is -4.79. The second-order valence-corrected chi connectivity index (χ2v) is 18.7. The number of carbonyl (C=O) groups is 2. The topological polar surface area (TPSA) is 91.8 Å². The monoisotopic (exact) mass is 701 g/mol. The number of nitrogens with zero attached hydrogens (tertiary/aromatic N) is 2. The van der Waals surface area contributed by atoms with Crippen LogP contribution < -0.4 is 5.32 Å². The molecule has 1 aliphatic rings. The molecule has 2 N–H and O–H groups in total. The lowest BCUT2D eigenvalue weighted by molar-refractivity contribution is -0.137. The van der Waals surface area contributed by atoms with Crippen molar-refractivity contribution in [2.75, 3.05) is 18.5 Å². The van der Waals surface area contributed by atoms with Crippen LogP contribution in [0.1, 0.15) is 61.5 Å². The maximum atomic E-state index is 16.2. The van der Waals surface area contributed by atoms with Crippen LogP contribution in [0.15, 0.2) is 24.3 Å². The number of aryl methyl sites for hydroxylation is 1. The Morgan fingerprint density at radius 2 is 1.91 bits per heavy atom. The number of nitrogens with one attached hydrogen (secondary N) is 1. The first-order valence-electron chi connectivity index (χ1n) is 14.8. The third-order valence-corrected chi connectivity index (χ3v) is 14.3. The van der Waals surface area contributed by atoms with Crippen molar-refractivity contribution in [1.29, 1.82) is 0 Å². The number of hydrogen-bond acceptors (Lipinski definition) is 5. The number of halogens is 6. The number of carbonyl (C=O) groups excluding carboxylic acids is 1. The molecular weight excluding hydrogens is 665 g/mol. The lowest BCUT2D eigenvalue weighted by Gasteiger charge is -2.40. The second-order valence-electron chi connectivity index (χ2n) is 13.1. The molecular formula is C32H37Cl2F4N3O4Si. The van der Waals surface area contributed by atoms with Gasteiger partial charge in [-0.3, -0.25) is 4.79 Å². The first-order valence-corrected chi connectivity index (χ1v) is 18.5. The number of alkyl halides is 3. The van der Waals surface area contributed by atoms with Crippen molar-refractivity contribution in [3.8, 4) is 11.1 Å². The highest BCUT2D eigenvalue weighted by Gasteiger charge is 2.39. The second kappa shape index (κ2) is 13.3. The van der Waals surface area contributed by atoms with Crippen molar-refractivity contribution in [2.45, 2.75) is 83.3 Å². The number of rotatable bonds is 8. The summed E-state index contributed by atoms with van der Waals surface area (Å²) in [6, 6.07) is 4.27. The van der Waals surface area contributed by atoms with Gasteiger partial charge in [-0.15, -0.1) is 0 Å². The molecule has 1 amide bonds. The van der Waals surface area contributed by atoms with Gasteiger partial charge < -0.3 is 19.7 Å². The predicted octanol–water partition coefficient (Wildman–Crippen LogP) is 9.82. The average Bonchev–Trinajstić information content (AvgIpc) is 2.92. The highest BCUT2D eigenvalue weighted by Crippen LogP contribution is 2.45. The van der Waals surface area contributed by atoms with E-state index >= 15 is 4.39 Å². The Hall–Kier alpha value is -2.93. The Morgan fingerprint density at radius 1 is 1.24 bits per heavy atom. The van der Waals surface area contributed by atoms with E-state index in [1.54, 1.807) is 0 Å². The van der Waals surface area contributed by atoms with Crippen molar-refractivity contribution in [1.82, 2.24) is 9.88 Å². The SMILES string of the molecule is Cc1cccc(-c2c(Cl)cc3c(N[C@H]4CCN(C(=O)O)[C@H](CCO[Si](C)(C)C(C)(C)C)C4)c(C=O)c(Cl)nc3c2F)c1C(F)(F)F. The Bertz CT molecular complexity index is 1660. The molecule has 0 aliphatic carbocycles. The van der Waals surface area contributed by atoms with Gasteiger partial charge in [-0.25, -0.2) is 14.2 Å². The molecule has 2 atom stereocenters. The van der Waals surface area contributed by atoms with Crippen molar-refractivity contribution >= 4 is 60.5 Å². The zero-order valence-corrected chi connectivity index (χ0v) is 28.9. The number of carboxylic acid groups (broad SMARTS) is 1. The number of aromatic nitrogens is 1. The molecule has 0 saturated carbocycles. The highest BCUT2D eigenvalue weighted by molar-refractivity contribution is 6.74. The van der Waals surface area contributed by atoms with Crippen LogP contribution in [0.5, 0.6) is 0 Å². The molecule has 1 aromatic heterocycles. The molecule has 0 unspecified atom stereocenters. The zero-order chi connectivity index (χ0) is 34.4. The van der Waals surface area contributed by atoms with E-state index in [0.29, 0.717) is 32.2 Å². The Morgan fingerprint density at radius 3 is 2.50 bits per heavy atom. The molecule has 3 aromatic rings. The summed E-state index contributed by atoms with van der Waals surface area (Å²) in [5.74, 6) is -1.12. The summed E-state index contributed by atoms with van der Waals surface area (Å²) in [6.45, 7) is 12.4. The number of benzene rings is 2. The third-order valence-electron chi connectivity index (χ3n) is 9.14. The molecule has 1 fully saturated rings. The minimum Gasteiger partial charge on any atom is -0.465 e. The van der Waals surface area contributed by atoms with Crippen LogP contribution in [0.25, 0.3) is 22.0 Å². The van der Waals surface area contributed by atoms with E-state index in [-0.39, 0.29) is 55.5 Å². The fourth-order valence-corrected chi connectivity index (χ4v) is 7.23. The molecule has 250 valence electrons. The standard InChI is InChI=1S/C32H37Cl2F4N3O4Si/c1-17-8-7-9-20(25(17)32(36,37)38)24-23(33)15-21-27(22(16-42)29(34)40-28(21)26(24)35)39-18-10-12-41(30(43)44)19(14-18)11-13-45-46(5,6)31(2,3)4/h7-9,15-16,18-19H,10-14H2,1-6H3,(H,39,40)(H,43,44)/t18-,19+/m0/s1. The van der Waals surface area contributed by atoms with Gasteiger partial charge in [-0.2, -0.15) is 13.2 Å². The zero-order valence-electron chi connectivity index (χ0n) is 26.4. The third kappa shape index (κ3) is 7.14. The molecule has 2 heterocycles. The van der Waals surface area contributed by atoms with E-state index in [9.17, 15) is 27.9 Å². The van der Waals surface area contributed by atoms with Crippen molar-refractivity contribution in [3.63, 3.8) is 0 Å². The number of likely N-dealkylation sites (tertiary alicyclic amines) is 1. The number of hydrogen-bond donors (Lipinski definition) is 2. The molecule has 4 rings (SSSR count). The van der Waals surface area contributed by atoms with Crippen LogP contribution in [0.3, 0.4) is 0 Å². The lowest BCUT2D eigenvalue weighted by atomic mass is 9.93. The van der Waals surface area contributed by atoms with E-state index in [2.05, 4.69) is 44.2 Å². The van der Waals surface area contributed by atoms with Crippen LogP contribution in [0.4, 0.5) is 28.0 Å². The maximum Gasteiger partial charge on any atom is 0.417 e. The van der Waals surface area contributed by atoms with E-state index in [1.165, 1.54) is 30.0 Å². The fraction of sp³-hybridized carbons (Fsp3) is 0.469. The van der Waals surface area contributed by atoms with Gasteiger partial charge >= 0.3 is 12.3 Å². The number of fused-ring (bicyclic) bond motifs is 1. The molecule has 0 radical (unpaired) electrons. The summed E-state index contributed by atoms with van der Waals surface area (Å²) in [6.07, 6.45) is -4.25. The minimum absolute atomic E-state index is 0.0207. The van der Waals surface area contributed by atoms with Crippen molar-refractivity contribution < 1.29 is 36.7 Å². The molecule has 0 spiro atoms. The number of amides is 1.